The molecule has 2 fully saturated rings. The number of carbonyl (C=O) groups excluding carboxylic acids is 3. The lowest BCUT2D eigenvalue weighted by atomic mass is 10.2. The Kier molecular flexibility index (Phi) is 5.11. The highest BCUT2D eigenvalue weighted by Gasteiger charge is 2.33. The number of nitrogens with zero attached hydrogens (tertiary/aromatic N) is 6. The van der Waals surface area contributed by atoms with Crippen LogP contribution in [0.3, 0.4) is 0 Å². The Morgan fingerprint density at radius 1 is 1.12 bits per heavy atom. The normalized spacial score (nSPS) is 18.3. The summed E-state index contributed by atoms with van der Waals surface area (Å²) in [6, 6.07) is 1.49. The molecule has 0 aliphatic carbocycles. The highest BCUT2D eigenvalue weighted by atomic mass is 16.2. The molecule has 0 bridgehead atoms. The van der Waals surface area contributed by atoms with Crippen molar-refractivity contribution in [3.63, 3.8) is 0 Å². The fourth-order valence-electron chi connectivity index (χ4n) is 3.05. The van der Waals surface area contributed by atoms with E-state index in [9.17, 15) is 14.4 Å². The first-order valence-electron chi connectivity index (χ1n) is 8.41. The number of likely N-dealkylation sites (N-methyl/N-ethyl adjacent to an activating group) is 1. The van der Waals surface area contributed by atoms with Crippen LogP contribution in [0.5, 0.6) is 0 Å². The number of rotatable bonds is 5. The molecule has 2 aliphatic heterocycles. The van der Waals surface area contributed by atoms with Crippen molar-refractivity contribution in [3.05, 3.63) is 18.5 Å². The van der Waals surface area contributed by atoms with Gasteiger partial charge in [0.05, 0.1) is 0 Å². The van der Waals surface area contributed by atoms with Crippen LogP contribution in [0.1, 0.15) is 12.8 Å². The first kappa shape index (κ1) is 17.1. The molecule has 0 radical (unpaired) electrons. The van der Waals surface area contributed by atoms with Crippen molar-refractivity contribution in [1.29, 1.82) is 0 Å². The second-order valence-corrected chi connectivity index (χ2v) is 6.20. The van der Waals surface area contributed by atoms with E-state index in [4.69, 9.17) is 0 Å². The molecule has 0 aromatic carbocycles. The van der Waals surface area contributed by atoms with Gasteiger partial charge in [0.25, 0.3) is 0 Å². The van der Waals surface area contributed by atoms with Crippen molar-refractivity contribution in [2.24, 2.45) is 0 Å². The van der Waals surface area contributed by atoms with Crippen molar-refractivity contribution >= 4 is 23.8 Å². The number of piperazine rings is 1. The minimum absolute atomic E-state index is 0.0566. The summed E-state index contributed by atoms with van der Waals surface area (Å²) >= 11 is 0. The highest BCUT2D eigenvalue weighted by Crippen LogP contribution is 2.12. The zero-order valence-electron chi connectivity index (χ0n) is 14.3. The summed E-state index contributed by atoms with van der Waals surface area (Å²) in [5.41, 5.74) is 0. The van der Waals surface area contributed by atoms with Gasteiger partial charge in [-0.15, -0.1) is 0 Å². The molecule has 4 amide bonds. The summed E-state index contributed by atoms with van der Waals surface area (Å²) < 4.78 is 0. The van der Waals surface area contributed by atoms with Gasteiger partial charge in [-0.05, 0) is 12.5 Å². The molecule has 0 atom stereocenters. The maximum atomic E-state index is 12.3. The molecule has 3 rings (SSSR count). The van der Waals surface area contributed by atoms with Gasteiger partial charge < -0.3 is 14.7 Å². The monoisotopic (exact) mass is 346 g/mol. The zero-order chi connectivity index (χ0) is 17.8. The van der Waals surface area contributed by atoms with Crippen LogP contribution in [0, 0.1) is 0 Å². The van der Waals surface area contributed by atoms with E-state index >= 15 is 0 Å². The van der Waals surface area contributed by atoms with E-state index < -0.39 is 0 Å². The molecule has 1 aromatic rings. The van der Waals surface area contributed by atoms with E-state index in [0.717, 1.165) is 0 Å². The lowest BCUT2D eigenvalue weighted by Gasteiger charge is -2.34. The number of urea groups is 1. The van der Waals surface area contributed by atoms with Crippen molar-refractivity contribution in [2.75, 3.05) is 51.2 Å². The number of anilines is 1. The smallest absolute Gasteiger partial charge is 0.326 e. The maximum absolute atomic E-state index is 12.3. The first-order chi connectivity index (χ1) is 12.1. The molecule has 0 spiro atoms. The minimum atomic E-state index is -0.283. The molecule has 25 heavy (non-hydrogen) atoms. The molecule has 3 heterocycles. The van der Waals surface area contributed by atoms with Crippen LogP contribution in [-0.4, -0.2) is 88.8 Å². The van der Waals surface area contributed by atoms with Gasteiger partial charge in [0.15, 0.2) is 0 Å². The van der Waals surface area contributed by atoms with Crippen LogP contribution in [-0.2, 0) is 9.59 Å². The van der Waals surface area contributed by atoms with Gasteiger partial charge in [0.2, 0.25) is 17.8 Å². The van der Waals surface area contributed by atoms with E-state index in [2.05, 4.69) is 14.9 Å². The number of carbonyl (C=O) groups is 3. The highest BCUT2D eigenvalue weighted by molar-refractivity contribution is 6.01. The lowest BCUT2D eigenvalue weighted by Crippen LogP contribution is -2.49. The fraction of sp³-hybridized carbons (Fsp3) is 0.562. The van der Waals surface area contributed by atoms with Crippen molar-refractivity contribution < 1.29 is 14.4 Å². The van der Waals surface area contributed by atoms with E-state index in [-0.39, 0.29) is 24.4 Å². The lowest BCUT2D eigenvalue weighted by molar-refractivity contribution is -0.132. The summed E-state index contributed by atoms with van der Waals surface area (Å²) in [4.78, 5) is 50.7. The van der Waals surface area contributed by atoms with Crippen LogP contribution in [0.15, 0.2) is 18.5 Å². The van der Waals surface area contributed by atoms with Crippen LogP contribution in [0.25, 0.3) is 0 Å². The number of hydrogen-bond acceptors (Lipinski definition) is 6. The molecule has 2 aliphatic rings. The fourth-order valence-corrected chi connectivity index (χ4v) is 3.05. The van der Waals surface area contributed by atoms with Crippen molar-refractivity contribution in [3.8, 4) is 0 Å². The molecular formula is C16H22N6O3. The summed E-state index contributed by atoms with van der Waals surface area (Å²) in [5.74, 6) is 0.544. The minimum Gasteiger partial charge on any atom is -0.339 e. The quantitative estimate of drug-likeness (QED) is 0.686. The van der Waals surface area contributed by atoms with Gasteiger partial charge in [-0.1, -0.05) is 0 Å². The van der Waals surface area contributed by atoms with E-state index in [1.54, 1.807) is 25.5 Å². The van der Waals surface area contributed by atoms with E-state index in [1.165, 1.54) is 9.80 Å². The molecule has 0 saturated carbocycles. The Balaban J connectivity index is 1.41. The van der Waals surface area contributed by atoms with Gasteiger partial charge in [-0.25, -0.2) is 14.8 Å². The third-order valence-corrected chi connectivity index (χ3v) is 4.47. The maximum Gasteiger partial charge on any atom is 0.326 e. The molecule has 0 unspecified atom stereocenters. The standard InChI is InChI=1S/C16H22N6O3/c1-19-12-14(24)22(16(19)25)7-2-4-13(23)20-8-10-21(11-9-20)15-17-5-3-6-18-15/h3,5-6H,2,4,7-12H2,1H3. The van der Waals surface area contributed by atoms with Crippen LogP contribution >= 0.6 is 0 Å². The number of imide groups is 1. The van der Waals surface area contributed by atoms with Gasteiger partial charge in [0.1, 0.15) is 6.54 Å². The number of aromatic nitrogens is 2. The molecule has 134 valence electrons. The average Bonchev–Trinajstić information content (AvgIpc) is 2.88. The van der Waals surface area contributed by atoms with Gasteiger partial charge >= 0.3 is 6.03 Å². The molecule has 9 nitrogen and oxygen atoms in total. The van der Waals surface area contributed by atoms with Crippen LogP contribution < -0.4 is 4.90 Å². The summed E-state index contributed by atoms with van der Waals surface area (Å²) in [7, 11) is 1.60. The van der Waals surface area contributed by atoms with Crippen LogP contribution in [0.2, 0.25) is 0 Å². The summed E-state index contributed by atoms with van der Waals surface area (Å²) in [5, 5.41) is 0. The number of hydrogen-bond donors (Lipinski definition) is 0. The Morgan fingerprint density at radius 3 is 2.40 bits per heavy atom. The molecule has 1 aromatic heterocycles. The van der Waals surface area contributed by atoms with Gasteiger partial charge in [-0.2, -0.15) is 0 Å². The van der Waals surface area contributed by atoms with Gasteiger partial charge in [-0.3, -0.25) is 14.5 Å². The Labute approximate surface area is 146 Å². The average molecular weight is 346 g/mol. The Bertz CT molecular complexity index is 645. The van der Waals surface area contributed by atoms with Gasteiger partial charge in [0, 0.05) is 58.6 Å². The molecule has 0 N–H and O–H groups in total. The first-order valence-corrected chi connectivity index (χ1v) is 8.41. The van der Waals surface area contributed by atoms with Crippen molar-refractivity contribution in [2.45, 2.75) is 12.8 Å². The van der Waals surface area contributed by atoms with E-state index in [1.807, 2.05) is 4.90 Å². The predicted octanol–water partition coefficient (Wildman–Crippen LogP) is -0.201. The van der Waals surface area contributed by atoms with Crippen molar-refractivity contribution in [1.82, 2.24) is 24.7 Å². The third kappa shape index (κ3) is 3.86. The SMILES string of the molecule is CN1CC(=O)N(CCCC(=O)N2CCN(c3ncccn3)CC2)C1=O. The Morgan fingerprint density at radius 2 is 1.80 bits per heavy atom. The molecular weight excluding hydrogens is 324 g/mol. The largest absolute Gasteiger partial charge is 0.339 e. The predicted molar refractivity (Wildman–Crippen MR) is 89.8 cm³/mol. The summed E-state index contributed by atoms with van der Waals surface area (Å²) in [6.07, 6.45) is 4.24. The Hall–Kier alpha value is -2.71. The molecule has 2 saturated heterocycles. The van der Waals surface area contributed by atoms with Crippen LogP contribution in [0.4, 0.5) is 10.7 Å². The second-order valence-electron chi connectivity index (χ2n) is 6.20. The summed E-state index contributed by atoms with van der Waals surface area (Å²) in [6.45, 7) is 3.07. The second kappa shape index (κ2) is 7.45. The zero-order valence-corrected chi connectivity index (χ0v) is 14.3. The third-order valence-electron chi connectivity index (χ3n) is 4.47. The molecule has 9 heteroatoms. The number of amides is 4. The topological polar surface area (TPSA) is 90.0 Å². The van der Waals surface area contributed by atoms with E-state index in [0.29, 0.717) is 51.5 Å².